The highest BCUT2D eigenvalue weighted by Gasteiger charge is 2.10. The number of alkyl halides is 1. The SMILES string of the molecule is CC(=O)NCCn1c(CCl)nc2ccc(Cl)cc21. The molecule has 1 N–H and O–H groups in total. The number of nitrogens with one attached hydrogen (secondary N) is 1. The Morgan fingerprint density at radius 2 is 2.28 bits per heavy atom. The van der Waals surface area contributed by atoms with Gasteiger partial charge < -0.3 is 9.88 Å². The predicted molar refractivity (Wildman–Crippen MR) is 73.0 cm³/mol. The van der Waals surface area contributed by atoms with E-state index in [4.69, 9.17) is 23.2 Å². The van der Waals surface area contributed by atoms with Crippen molar-refractivity contribution < 1.29 is 4.79 Å². The number of imidazole rings is 1. The van der Waals surface area contributed by atoms with E-state index in [0.29, 0.717) is 24.0 Å². The highest BCUT2D eigenvalue weighted by atomic mass is 35.5. The van der Waals surface area contributed by atoms with Crippen molar-refractivity contribution in [2.24, 2.45) is 0 Å². The summed E-state index contributed by atoms with van der Waals surface area (Å²) < 4.78 is 1.98. The Morgan fingerprint density at radius 1 is 1.50 bits per heavy atom. The molecule has 0 saturated heterocycles. The number of fused-ring (bicyclic) bond motifs is 1. The van der Waals surface area contributed by atoms with Crippen LogP contribution in [0.3, 0.4) is 0 Å². The molecule has 0 bridgehead atoms. The average Bonchev–Trinajstić information content (AvgIpc) is 2.66. The minimum Gasteiger partial charge on any atom is -0.355 e. The molecular weight excluding hydrogens is 273 g/mol. The van der Waals surface area contributed by atoms with Gasteiger partial charge in [-0.15, -0.1) is 11.6 Å². The van der Waals surface area contributed by atoms with E-state index in [1.165, 1.54) is 6.92 Å². The van der Waals surface area contributed by atoms with Gasteiger partial charge in [0.2, 0.25) is 5.91 Å². The Kier molecular flexibility index (Phi) is 4.09. The van der Waals surface area contributed by atoms with Gasteiger partial charge >= 0.3 is 0 Å². The van der Waals surface area contributed by atoms with Gasteiger partial charge in [-0.25, -0.2) is 4.98 Å². The van der Waals surface area contributed by atoms with Crippen molar-refractivity contribution in [3.8, 4) is 0 Å². The van der Waals surface area contributed by atoms with Crippen molar-refractivity contribution in [2.75, 3.05) is 6.54 Å². The molecule has 1 amide bonds. The summed E-state index contributed by atoms with van der Waals surface area (Å²) in [5.74, 6) is 1.05. The van der Waals surface area contributed by atoms with E-state index in [1.54, 1.807) is 6.07 Å². The number of nitrogens with zero attached hydrogens (tertiary/aromatic N) is 2. The fraction of sp³-hybridized carbons (Fsp3) is 0.333. The number of hydrogen-bond donors (Lipinski definition) is 1. The zero-order chi connectivity index (χ0) is 13.1. The molecule has 1 aromatic heterocycles. The van der Waals surface area contributed by atoms with Gasteiger partial charge in [0.05, 0.1) is 16.9 Å². The van der Waals surface area contributed by atoms with Crippen LogP contribution in [0.25, 0.3) is 11.0 Å². The summed E-state index contributed by atoms with van der Waals surface area (Å²) in [5.41, 5.74) is 1.79. The van der Waals surface area contributed by atoms with Crippen molar-refractivity contribution in [1.82, 2.24) is 14.9 Å². The molecule has 18 heavy (non-hydrogen) atoms. The minimum absolute atomic E-state index is 0.0510. The summed E-state index contributed by atoms with van der Waals surface area (Å²) in [4.78, 5) is 15.3. The van der Waals surface area contributed by atoms with E-state index >= 15 is 0 Å². The van der Waals surface area contributed by atoms with Gasteiger partial charge in [0, 0.05) is 25.0 Å². The number of carbonyl (C=O) groups excluding carboxylic acids is 1. The van der Waals surface area contributed by atoms with E-state index in [9.17, 15) is 4.79 Å². The number of halogens is 2. The molecule has 0 atom stereocenters. The third-order valence-corrected chi connectivity index (χ3v) is 3.09. The molecule has 1 heterocycles. The number of amides is 1. The number of aromatic nitrogens is 2. The third-order valence-electron chi connectivity index (χ3n) is 2.62. The van der Waals surface area contributed by atoms with Crippen LogP contribution in [0.5, 0.6) is 0 Å². The Balaban J connectivity index is 2.33. The normalized spacial score (nSPS) is 10.8. The number of hydrogen-bond acceptors (Lipinski definition) is 2. The second-order valence-electron chi connectivity index (χ2n) is 3.93. The van der Waals surface area contributed by atoms with Crippen molar-refractivity contribution >= 4 is 40.1 Å². The Hall–Kier alpha value is -1.26. The summed E-state index contributed by atoms with van der Waals surface area (Å²) >= 11 is 11.9. The molecule has 0 unspecified atom stereocenters. The first kappa shape index (κ1) is 13.2. The standard InChI is InChI=1S/C12H13Cl2N3O/c1-8(18)15-4-5-17-11-6-9(14)2-3-10(11)16-12(17)7-13/h2-3,6H,4-5,7H2,1H3,(H,15,18). The highest BCUT2D eigenvalue weighted by Crippen LogP contribution is 2.21. The summed E-state index contributed by atoms with van der Waals surface area (Å²) in [5, 5.41) is 3.41. The lowest BCUT2D eigenvalue weighted by molar-refractivity contribution is -0.118. The quantitative estimate of drug-likeness (QED) is 0.878. The van der Waals surface area contributed by atoms with Gasteiger partial charge in [0.1, 0.15) is 5.82 Å². The Labute approximate surface area is 115 Å². The second-order valence-corrected chi connectivity index (χ2v) is 4.63. The molecule has 2 rings (SSSR count). The van der Waals surface area contributed by atoms with Crippen LogP contribution in [0.2, 0.25) is 5.02 Å². The van der Waals surface area contributed by atoms with E-state index in [0.717, 1.165) is 16.9 Å². The average molecular weight is 286 g/mol. The Bertz CT molecular complexity index is 580. The zero-order valence-electron chi connectivity index (χ0n) is 9.91. The predicted octanol–water partition coefficient (Wildman–Crippen LogP) is 2.56. The second kappa shape index (κ2) is 5.59. The smallest absolute Gasteiger partial charge is 0.216 e. The van der Waals surface area contributed by atoms with Crippen molar-refractivity contribution in [1.29, 1.82) is 0 Å². The lowest BCUT2D eigenvalue weighted by Gasteiger charge is -2.08. The summed E-state index contributed by atoms with van der Waals surface area (Å²) in [6.45, 7) is 2.65. The first-order valence-electron chi connectivity index (χ1n) is 5.57. The molecular formula is C12H13Cl2N3O. The van der Waals surface area contributed by atoms with Crippen molar-refractivity contribution in [3.05, 3.63) is 29.0 Å². The molecule has 1 aromatic carbocycles. The molecule has 0 saturated carbocycles. The molecule has 4 nitrogen and oxygen atoms in total. The maximum atomic E-state index is 10.9. The lowest BCUT2D eigenvalue weighted by Crippen LogP contribution is -2.24. The van der Waals surface area contributed by atoms with Crippen molar-refractivity contribution in [3.63, 3.8) is 0 Å². The summed E-state index contributed by atoms with van der Waals surface area (Å²) in [6, 6.07) is 5.52. The fourth-order valence-corrected chi connectivity index (χ4v) is 2.21. The van der Waals surface area contributed by atoms with E-state index in [1.807, 2.05) is 16.7 Å². The van der Waals surface area contributed by atoms with Crippen LogP contribution in [0.1, 0.15) is 12.7 Å². The summed E-state index contributed by atoms with van der Waals surface area (Å²) in [6.07, 6.45) is 0. The van der Waals surface area contributed by atoms with Crippen LogP contribution in [0.4, 0.5) is 0 Å². The molecule has 0 spiro atoms. The van der Waals surface area contributed by atoms with Crippen LogP contribution >= 0.6 is 23.2 Å². The van der Waals surface area contributed by atoms with Crippen LogP contribution in [-0.2, 0) is 17.2 Å². The maximum Gasteiger partial charge on any atom is 0.216 e. The molecule has 0 fully saturated rings. The molecule has 0 aliphatic carbocycles. The van der Waals surface area contributed by atoms with E-state index in [2.05, 4.69) is 10.3 Å². The molecule has 0 aliphatic rings. The summed E-state index contributed by atoms with van der Waals surface area (Å²) in [7, 11) is 0. The molecule has 6 heteroatoms. The zero-order valence-corrected chi connectivity index (χ0v) is 11.4. The van der Waals surface area contributed by atoms with Gasteiger partial charge in [-0.1, -0.05) is 11.6 Å². The largest absolute Gasteiger partial charge is 0.355 e. The van der Waals surface area contributed by atoms with Gasteiger partial charge in [0.25, 0.3) is 0 Å². The number of rotatable bonds is 4. The van der Waals surface area contributed by atoms with Crippen LogP contribution in [-0.4, -0.2) is 22.0 Å². The monoisotopic (exact) mass is 285 g/mol. The lowest BCUT2D eigenvalue weighted by atomic mass is 10.3. The number of carbonyl (C=O) groups is 1. The first-order valence-corrected chi connectivity index (χ1v) is 6.48. The van der Waals surface area contributed by atoms with Gasteiger partial charge in [-0.3, -0.25) is 4.79 Å². The maximum absolute atomic E-state index is 10.9. The van der Waals surface area contributed by atoms with Crippen LogP contribution in [0.15, 0.2) is 18.2 Å². The van der Waals surface area contributed by atoms with Crippen LogP contribution < -0.4 is 5.32 Å². The molecule has 0 aliphatic heterocycles. The van der Waals surface area contributed by atoms with Gasteiger partial charge in [-0.05, 0) is 18.2 Å². The van der Waals surface area contributed by atoms with Gasteiger partial charge in [0.15, 0.2) is 0 Å². The minimum atomic E-state index is -0.0510. The highest BCUT2D eigenvalue weighted by molar-refractivity contribution is 6.31. The molecule has 0 radical (unpaired) electrons. The molecule has 2 aromatic rings. The topological polar surface area (TPSA) is 46.9 Å². The van der Waals surface area contributed by atoms with E-state index < -0.39 is 0 Å². The Morgan fingerprint density at radius 3 is 2.94 bits per heavy atom. The van der Waals surface area contributed by atoms with Gasteiger partial charge in [-0.2, -0.15) is 0 Å². The van der Waals surface area contributed by atoms with E-state index in [-0.39, 0.29) is 5.91 Å². The first-order chi connectivity index (χ1) is 8.61. The molecule has 96 valence electrons. The number of benzene rings is 1. The fourth-order valence-electron chi connectivity index (χ4n) is 1.84. The van der Waals surface area contributed by atoms with Crippen molar-refractivity contribution in [2.45, 2.75) is 19.3 Å². The van der Waals surface area contributed by atoms with Crippen LogP contribution in [0, 0.1) is 0 Å². The third kappa shape index (κ3) is 2.76.